The van der Waals surface area contributed by atoms with Gasteiger partial charge in [-0.05, 0) is 45.0 Å². The van der Waals surface area contributed by atoms with Crippen molar-refractivity contribution in [2.75, 3.05) is 33.9 Å². The van der Waals surface area contributed by atoms with Gasteiger partial charge in [0.1, 0.15) is 51.3 Å². The summed E-state index contributed by atoms with van der Waals surface area (Å²) in [6, 6.07) is 11.1. The fourth-order valence-corrected chi connectivity index (χ4v) is 5.58. The fraction of sp³-hybridized carbons (Fsp3) is 0.300. The number of ketones is 2. The number of rotatable bonds is 15. The average Bonchev–Trinajstić information content (AvgIpc) is 3.82. The summed E-state index contributed by atoms with van der Waals surface area (Å²) in [5.41, 5.74) is 1.39. The van der Waals surface area contributed by atoms with Crippen molar-refractivity contribution in [3.63, 3.8) is 0 Å². The monoisotopic (exact) mass is 805 g/mol. The zero-order valence-corrected chi connectivity index (χ0v) is 32.1. The molecule has 0 saturated carbocycles. The van der Waals surface area contributed by atoms with Crippen molar-refractivity contribution in [1.82, 2.24) is 33.6 Å². The Hall–Kier alpha value is -6.72. The van der Waals surface area contributed by atoms with E-state index >= 15 is 0 Å². The first kappa shape index (κ1) is 42.4. The van der Waals surface area contributed by atoms with Crippen LogP contribution >= 0.6 is 0 Å². The predicted octanol–water partition coefficient (Wildman–Crippen LogP) is 6.86. The lowest BCUT2D eigenvalue weighted by molar-refractivity contribution is 0.0519. The van der Waals surface area contributed by atoms with Gasteiger partial charge in [0, 0.05) is 75.0 Å². The molecule has 18 heteroatoms. The molecule has 0 bridgehead atoms. The molecule has 0 fully saturated rings. The second-order valence-electron chi connectivity index (χ2n) is 12.6. The normalized spacial score (nSPS) is 11.1. The van der Waals surface area contributed by atoms with Gasteiger partial charge >= 0.3 is 5.97 Å². The molecule has 6 rings (SSSR count). The minimum atomic E-state index is -2.76. The number of fused-ring (bicyclic) bond motifs is 2. The van der Waals surface area contributed by atoms with Crippen molar-refractivity contribution in [2.45, 2.75) is 46.5 Å². The average molecular weight is 806 g/mol. The maximum Gasteiger partial charge on any atom is 0.358 e. The number of nitrogens with zero attached hydrogens (tertiary/aromatic N) is 7. The number of aromatic nitrogens is 6. The van der Waals surface area contributed by atoms with Gasteiger partial charge in [-0.2, -0.15) is 0 Å². The van der Waals surface area contributed by atoms with Crippen LogP contribution in [0.1, 0.15) is 98.1 Å². The van der Waals surface area contributed by atoms with Crippen LogP contribution in [0.15, 0.2) is 73.3 Å². The zero-order valence-electron chi connectivity index (χ0n) is 32.1. The number of pyridine rings is 4. The highest BCUT2D eigenvalue weighted by Gasteiger charge is 2.21. The van der Waals surface area contributed by atoms with E-state index < -0.39 is 41.8 Å². The van der Waals surface area contributed by atoms with E-state index in [9.17, 15) is 36.7 Å². The van der Waals surface area contributed by atoms with E-state index in [0.717, 1.165) is 0 Å². The van der Waals surface area contributed by atoms with Gasteiger partial charge < -0.3 is 27.9 Å². The molecule has 0 N–H and O–H groups in total. The molecule has 14 nitrogen and oxygen atoms in total. The maximum absolute atomic E-state index is 12.9. The fourth-order valence-electron chi connectivity index (χ4n) is 5.58. The third-order valence-electron chi connectivity index (χ3n) is 8.24. The molecule has 0 unspecified atom stereocenters. The van der Waals surface area contributed by atoms with Crippen LogP contribution < -0.4 is 9.47 Å². The molecule has 0 aliphatic carbocycles. The summed E-state index contributed by atoms with van der Waals surface area (Å²) < 4.78 is 70.8. The van der Waals surface area contributed by atoms with Gasteiger partial charge in [0.15, 0.2) is 17.3 Å². The Labute approximate surface area is 329 Å². The van der Waals surface area contributed by atoms with Crippen LogP contribution in [0.3, 0.4) is 0 Å². The molecule has 0 aromatic carbocycles. The highest BCUT2D eigenvalue weighted by Crippen LogP contribution is 2.26. The Kier molecular flexibility index (Phi) is 13.9. The predicted molar refractivity (Wildman–Crippen MR) is 201 cm³/mol. The van der Waals surface area contributed by atoms with Crippen molar-refractivity contribution >= 4 is 34.7 Å². The molecule has 1 amide bonds. The van der Waals surface area contributed by atoms with Crippen LogP contribution in [0.5, 0.6) is 11.5 Å². The number of hydrogen-bond donors (Lipinski definition) is 0. The number of hydrogen-bond acceptors (Lipinski definition) is 11. The minimum absolute atomic E-state index is 0.0422. The first-order valence-corrected chi connectivity index (χ1v) is 18.0. The number of Topliss-reactive ketones (excluding diaryl/α,β-unsaturated/α-hetero) is 2. The van der Waals surface area contributed by atoms with Crippen molar-refractivity contribution in [3.05, 3.63) is 119 Å². The third kappa shape index (κ3) is 10.2. The Balaban J connectivity index is 0.000000221. The number of alkyl halides is 4. The highest BCUT2D eigenvalue weighted by molar-refractivity contribution is 5.97. The van der Waals surface area contributed by atoms with Gasteiger partial charge in [0.25, 0.3) is 18.8 Å². The second-order valence-corrected chi connectivity index (χ2v) is 12.6. The molecule has 6 aromatic rings. The summed E-state index contributed by atoms with van der Waals surface area (Å²) in [6.07, 6.45) is 0.600. The summed E-state index contributed by atoms with van der Waals surface area (Å²) in [7, 11) is 3.26. The van der Waals surface area contributed by atoms with Crippen LogP contribution in [-0.2, 0) is 17.6 Å². The Bertz CT molecular complexity index is 2450. The van der Waals surface area contributed by atoms with E-state index in [1.807, 2.05) is 0 Å². The number of amides is 1. The quantitative estimate of drug-likeness (QED) is 0.0606. The van der Waals surface area contributed by atoms with Gasteiger partial charge in [0.2, 0.25) is 0 Å². The second kappa shape index (κ2) is 18.9. The number of esters is 1. The van der Waals surface area contributed by atoms with Gasteiger partial charge in [0.05, 0.1) is 19.8 Å². The van der Waals surface area contributed by atoms with Crippen molar-refractivity contribution < 1.29 is 51.0 Å². The van der Waals surface area contributed by atoms with Crippen molar-refractivity contribution in [1.29, 1.82) is 0 Å². The number of carbonyl (C=O) groups is 4. The molecule has 6 heterocycles. The molecular weight excluding hydrogens is 766 g/mol. The topological polar surface area (TPSA) is 160 Å². The Morgan fingerprint density at radius 2 is 1.07 bits per heavy atom. The molecule has 58 heavy (non-hydrogen) atoms. The van der Waals surface area contributed by atoms with Crippen LogP contribution in [0.2, 0.25) is 0 Å². The first-order chi connectivity index (χ1) is 27.7. The third-order valence-corrected chi connectivity index (χ3v) is 8.24. The molecule has 0 aliphatic heterocycles. The lowest BCUT2D eigenvalue weighted by Crippen LogP contribution is -2.21. The largest absolute Gasteiger partial charge is 0.493 e. The lowest BCUT2D eigenvalue weighted by Gasteiger charge is -2.11. The van der Waals surface area contributed by atoms with Gasteiger partial charge in [-0.25, -0.2) is 42.3 Å². The summed E-state index contributed by atoms with van der Waals surface area (Å²) in [5, 5.41) is 0. The van der Waals surface area contributed by atoms with Gasteiger partial charge in [-0.3, -0.25) is 14.4 Å². The Morgan fingerprint density at radius 1 is 0.621 bits per heavy atom. The van der Waals surface area contributed by atoms with E-state index in [1.165, 1.54) is 47.5 Å². The van der Waals surface area contributed by atoms with E-state index in [2.05, 4.69) is 19.9 Å². The van der Waals surface area contributed by atoms with Gasteiger partial charge in [-0.15, -0.1) is 0 Å². The van der Waals surface area contributed by atoms with E-state index in [0.29, 0.717) is 47.1 Å². The summed E-state index contributed by atoms with van der Waals surface area (Å²) >= 11 is 0. The molecular formula is C40H39F4N7O7. The van der Waals surface area contributed by atoms with E-state index in [4.69, 9.17) is 14.2 Å². The number of imidazole rings is 2. The van der Waals surface area contributed by atoms with Crippen LogP contribution in [0.4, 0.5) is 17.6 Å². The molecule has 0 atom stereocenters. The SMILES string of the molecule is CCOC(=O)c1cn2cc(CC(=O)c3cccc(C(F)F)n3)c(OCC)cc2n1.CCOc1cc2nc(C(=O)N(C)C)cn2cc1CC(=O)c1cccc(C(F)F)n1. The van der Waals surface area contributed by atoms with Crippen LogP contribution in [0.25, 0.3) is 11.3 Å². The molecule has 6 aromatic heterocycles. The van der Waals surface area contributed by atoms with Crippen molar-refractivity contribution in [3.8, 4) is 11.5 Å². The molecule has 0 aliphatic rings. The smallest absolute Gasteiger partial charge is 0.358 e. The minimum Gasteiger partial charge on any atom is -0.493 e. The molecule has 304 valence electrons. The van der Waals surface area contributed by atoms with E-state index in [1.54, 1.807) is 74.4 Å². The lowest BCUT2D eigenvalue weighted by atomic mass is 10.1. The van der Waals surface area contributed by atoms with Gasteiger partial charge in [-0.1, -0.05) is 12.1 Å². The molecule has 0 radical (unpaired) electrons. The maximum atomic E-state index is 12.9. The summed E-state index contributed by atoms with van der Waals surface area (Å²) in [4.78, 5) is 66.7. The van der Waals surface area contributed by atoms with Crippen molar-refractivity contribution in [2.24, 2.45) is 0 Å². The summed E-state index contributed by atoms with van der Waals surface area (Å²) in [6.45, 7) is 6.22. The number of carbonyl (C=O) groups excluding carboxylic acids is 4. The van der Waals surface area contributed by atoms with E-state index in [-0.39, 0.29) is 48.1 Å². The number of ether oxygens (including phenoxy) is 3. The standard InChI is InChI=1S/C20H20F2N4O3.C20H19F2N3O4/c1-4-29-17-9-18-24-15(20(28)25(2)3)11-26(18)10-12(17)8-16(27)13-6-5-7-14(23-13)19(21)22;1-3-28-17-9-18-24-15(20(27)29-4-2)11-25(18)10-12(17)8-16(26)13-6-5-7-14(23-13)19(21)22/h5-7,9-11,19H,4,8H2,1-3H3;5-7,9-11,19H,3-4,8H2,1-2H3. The first-order valence-electron chi connectivity index (χ1n) is 18.0. The molecule has 0 saturated heterocycles. The Morgan fingerprint density at radius 3 is 1.48 bits per heavy atom. The molecule has 0 spiro atoms. The van der Waals surface area contributed by atoms with Crippen LogP contribution in [-0.4, -0.2) is 91.0 Å². The zero-order chi connectivity index (χ0) is 42.1. The number of halogens is 4. The van der Waals surface area contributed by atoms with Crippen LogP contribution in [0, 0.1) is 0 Å². The summed E-state index contributed by atoms with van der Waals surface area (Å²) in [5.74, 6) is -0.805. The highest BCUT2D eigenvalue weighted by atomic mass is 19.3.